The minimum Gasteiger partial charge on any atom is -0.456 e. The largest absolute Gasteiger partial charge is 0.456 e. The minimum absolute atomic E-state index is 0.388. The lowest BCUT2D eigenvalue weighted by molar-refractivity contribution is -0.143. The van der Waals surface area contributed by atoms with Crippen molar-refractivity contribution in [1.29, 1.82) is 0 Å². The van der Waals surface area contributed by atoms with Gasteiger partial charge in [0.05, 0.1) is 6.61 Å². The summed E-state index contributed by atoms with van der Waals surface area (Å²) in [4.78, 5) is 10.5. The third kappa shape index (κ3) is 0.985. The van der Waals surface area contributed by atoms with E-state index < -0.39 is 24.2 Å². The van der Waals surface area contributed by atoms with Gasteiger partial charge in [-0.2, -0.15) is 0 Å². The molecule has 0 amide bonds. The summed E-state index contributed by atoms with van der Waals surface area (Å²) in [6.45, 7) is -0.388. The van der Waals surface area contributed by atoms with E-state index in [0.29, 0.717) is 0 Å². The SMILES string of the molecule is NC1C(=O)OC(CO)C1O. The van der Waals surface area contributed by atoms with Gasteiger partial charge in [-0.25, -0.2) is 0 Å². The fourth-order valence-corrected chi connectivity index (χ4v) is 0.813. The van der Waals surface area contributed by atoms with Crippen molar-refractivity contribution in [2.24, 2.45) is 5.73 Å². The zero-order valence-corrected chi connectivity index (χ0v) is 5.23. The highest BCUT2D eigenvalue weighted by Gasteiger charge is 2.40. The Kier molecular flexibility index (Phi) is 1.89. The average molecular weight is 147 g/mol. The van der Waals surface area contributed by atoms with Crippen molar-refractivity contribution in [1.82, 2.24) is 0 Å². The van der Waals surface area contributed by atoms with Crippen LogP contribution in [-0.2, 0) is 9.53 Å². The average Bonchev–Trinajstić information content (AvgIpc) is 2.17. The van der Waals surface area contributed by atoms with Crippen molar-refractivity contribution in [2.45, 2.75) is 18.2 Å². The van der Waals surface area contributed by atoms with Crippen LogP contribution in [0.1, 0.15) is 0 Å². The molecule has 5 nitrogen and oxygen atoms in total. The van der Waals surface area contributed by atoms with Crippen molar-refractivity contribution in [3.8, 4) is 0 Å². The zero-order valence-electron chi connectivity index (χ0n) is 5.23. The Morgan fingerprint density at radius 1 is 1.70 bits per heavy atom. The van der Waals surface area contributed by atoms with E-state index in [9.17, 15) is 4.79 Å². The highest BCUT2D eigenvalue weighted by molar-refractivity contribution is 5.78. The molecule has 3 atom stereocenters. The highest BCUT2D eigenvalue weighted by Crippen LogP contribution is 2.12. The van der Waals surface area contributed by atoms with E-state index in [1.165, 1.54) is 0 Å². The molecule has 0 aliphatic carbocycles. The predicted octanol–water partition coefficient (Wildman–Crippen LogP) is -2.41. The van der Waals surface area contributed by atoms with Gasteiger partial charge in [-0.3, -0.25) is 4.79 Å². The number of rotatable bonds is 1. The molecule has 1 aliphatic heterocycles. The van der Waals surface area contributed by atoms with E-state index in [4.69, 9.17) is 15.9 Å². The second kappa shape index (κ2) is 2.53. The number of cyclic esters (lactones) is 1. The van der Waals surface area contributed by atoms with Gasteiger partial charge in [-0.15, -0.1) is 0 Å². The standard InChI is InChI=1S/C5H9NO4/c6-3-4(8)2(1-7)10-5(3)9/h2-4,7-8H,1,6H2. The molecular weight excluding hydrogens is 138 g/mol. The molecule has 0 saturated carbocycles. The van der Waals surface area contributed by atoms with Gasteiger partial charge in [0, 0.05) is 0 Å². The molecule has 5 heteroatoms. The molecule has 1 saturated heterocycles. The first kappa shape index (κ1) is 7.46. The smallest absolute Gasteiger partial charge is 0.326 e. The molecule has 4 N–H and O–H groups in total. The van der Waals surface area contributed by atoms with E-state index in [1.807, 2.05) is 0 Å². The maximum absolute atomic E-state index is 10.5. The van der Waals surface area contributed by atoms with E-state index in [2.05, 4.69) is 4.74 Å². The maximum Gasteiger partial charge on any atom is 0.326 e. The summed E-state index contributed by atoms with van der Waals surface area (Å²) < 4.78 is 4.47. The van der Waals surface area contributed by atoms with Crippen LogP contribution in [-0.4, -0.2) is 41.0 Å². The van der Waals surface area contributed by atoms with Crippen LogP contribution in [0, 0.1) is 0 Å². The number of ether oxygens (including phenoxy) is 1. The van der Waals surface area contributed by atoms with Gasteiger partial charge >= 0.3 is 5.97 Å². The molecule has 0 radical (unpaired) electrons. The summed E-state index contributed by atoms with van der Waals surface area (Å²) in [6.07, 6.45) is -1.92. The minimum atomic E-state index is -1.07. The Bertz CT molecular complexity index is 149. The first-order valence-electron chi connectivity index (χ1n) is 2.92. The van der Waals surface area contributed by atoms with Crippen LogP contribution in [0.5, 0.6) is 0 Å². The normalized spacial score (nSPS) is 39.9. The van der Waals surface area contributed by atoms with Crippen LogP contribution in [0.4, 0.5) is 0 Å². The predicted molar refractivity (Wildman–Crippen MR) is 30.9 cm³/mol. The van der Waals surface area contributed by atoms with Crippen molar-refractivity contribution in [2.75, 3.05) is 6.61 Å². The lowest BCUT2D eigenvalue weighted by Crippen LogP contribution is -2.39. The van der Waals surface area contributed by atoms with Gasteiger partial charge in [0.25, 0.3) is 0 Å². The summed E-state index contributed by atoms with van der Waals surface area (Å²) in [5, 5.41) is 17.5. The first-order chi connectivity index (χ1) is 4.66. The Morgan fingerprint density at radius 2 is 2.30 bits per heavy atom. The summed E-state index contributed by atoms with van der Waals surface area (Å²) in [5.41, 5.74) is 5.15. The molecule has 1 rings (SSSR count). The molecule has 10 heavy (non-hydrogen) atoms. The molecular formula is C5H9NO4. The third-order valence-electron chi connectivity index (χ3n) is 1.47. The van der Waals surface area contributed by atoms with Gasteiger partial charge in [0.15, 0.2) is 6.10 Å². The number of aliphatic hydroxyl groups is 2. The number of carbonyl (C=O) groups is 1. The van der Waals surface area contributed by atoms with E-state index >= 15 is 0 Å². The van der Waals surface area contributed by atoms with Gasteiger partial charge in [-0.1, -0.05) is 0 Å². The quantitative estimate of drug-likeness (QED) is 0.359. The molecule has 0 bridgehead atoms. The van der Waals surface area contributed by atoms with Crippen LogP contribution < -0.4 is 5.73 Å². The molecule has 58 valence electrons. The first-order valence-corrected chi connectivity index (χ1v) is 2.92. The lowest BCUT2D eigenvalue weighted by atomic mass is 10.1. The Labute approximate surface area is 57.4 Å². The fourth-order valence-electron chi connectivity index (χ4n) is 0.813. The number of esters is 1. The molecule has 0 aromatic rings. The van der Waals surface area contributed by atoms with Crippen LogP contribution >= 0.6 is 0 Å². The molecule has 1 heterocycles. The third-order valence-corrected chi connectivity index (χ3v) is 1.47. The number of nitrogens with two attached hydrogens (primary N) is 1. The summed E-state index contributed by atoms with van der Waals surface area (Å²) in [6, 6.07) is -1.00. The van der Waals surface area contributed by atoms with Gasteiger partial charge in [0.1, 0.15) is 12.1 Å². The number of hydrogen-bond acceptors (Lipinski definition) is 5. The summed E-state index contributed by atoms with van der Waals surface area (Å²) in [5.74, 6) is -0.661. The van der Waals surface area contributed by atoms with Crippen molar-refractivity contribution in [3.05, 3.63) is 0 Å². The second-order valence-corrected chi connectivity index (χ2v) is 2.17. The van der Waals surface area contributed by atoms with Crippen LogP contribution in [0.25, 0.3) is 0 Å². The number of aliphatic hydroxyl groups excluding tert-OH is 2. The summed E-state index contributed by atoms with van der Waals surface area (Å²) >= 11 is 0. The topological polar surface area (TPSA) is 92.8 Å². The lowest BCUT2D eigenvalue weighted by Gasteiger charge is -2.08. The summed E-state index contributed by atoms with van der Waals surface area (Å²) in [7, 11) is 0. The van der Waals surface area contributed by atoms with Crippen molar-refractivity contribution >= 4 is 5.97 Å². The molecule has 3 unspecified atom stereocenters. The van der Waals surface area contributed by atoms with Crippen molar-refractivity contribution in [3.63, 3.8) is 0 Å². The van der Waals surface area contributed by atoms with Crippen molar-refractivity contribution < 1.29 is 19.7 Å². The van der Waals surface area contributed by atoms with Crippen LogP contribution in [0.2, 0.25) is 0 Å². The van der Waals surface area contributed by atoms with Crippen LogP contribution in [0.15, 0.2) is 0 Å². The molecule has 1 aliphatic rings. The fraction of sp³-hybridized carbons (Fsp3) is 0.800. The van der Waals surface area contributed by atoms with E-state index in [0.717, 1.165) is 0 Å². The van der Waals surface area contributed by atoms with Gasteiger partial charge < -0.3 is 20.7 Å². The maximum atomic E-state index is 10.5. The number of hydrogen-bond donors (Lipinski definition) is 3. The molecule has 0 aromatic carbocycles. The second-order valence-electron chi connectivity index (χ2n) is 2.17. The number of carbonyl (C=O) groups excluding carboxylic acids is 1. The van der Waals surface area contributed by atoms with Gasteiger partial charge in [0.2, 0.25) is 0 Å². The highest BCUT2D eigenvalue weighted by atomic mass is 16.6. The molecule has 1 fully saturated rings. The molecule has 0 aromatic heterocycles. The zero-order chi connectivity index (χ0) is 7.72. The Morgan fingerprint density at radius 3 is 2.50 bits per heavy atom. The van der Waals surface area contributed by atoms with E-state index in [1.54, 1.807) is 0 Å². The van der Waals surface area contributed by atoms with Crippen LogP contribution in [0.3, 0.4) is 0 Å². The monoisotopic (exact) mass is 147 g/mol. The Hall–Kier alpha value is -0.650. The molecule has 0 spiro atoms. The van der Waals surface area contributed by atoms with E-state index in [-0.39, 0.29) is 6.61 Å². The Balaban J connectivity index is 2.61. The van der Waals surface area contributed by atoms with Gasteiger partial charge in [-0.05, 0) is 0 Å².